The summed E-state index contributed by atoms with van der Waals surface area (Å²) in [5, 5.41) is 14.9. The van der Waals surface area contributed by atoms with E-state index in [1.807, 2.05) is 12.1 Å². The molecule has 0 aliphatic rings. The molecule has 0 bridgehead atoms. The number of rotatable bonds is 5. The molecule has 19 heavy (non-hydrogen) atoms. The first kappa shape index (κ1) is 13.9. The second-order valence-corrected chi connectivity index (χ2v) is 5.69. The number of halogens is 1. The summed E-state index contributed by atoms with van der Waals surface area (Å²) in [4.78, 5) is 1.32. The Morgan fingerprint density at radius 1 is 1.42 bits per heavy atom. The third kappa shape index (κ3) is 3.50. The molecule has 4 heteroatoms. The lowest BCUT2D eigenvalue weighted by Gasteiger charge is -2.18. The van der Waals surface area contributed by atoms with Gasteiger partial charge in [-0.2, -0.15) is 5.26 Å². The molecule has 1 aromatic heterocycles. The van der Waals surface area contributed by atoms with Crippen LogP contribution in [0.3, 0.4) is 0 Å². The molecule has 98 valence electrons. The van der Waals surface area contributed by atoms with Gasteiger partial charge in [0.05, 0.1) is 16.6 Å². The van der Waals surface area contributed by atoms with Crippen LogP contribution in [0, 0.1) is 11.3 Å². The Balaban J connectivity index is 2.18. The van der Waals surface area contributed by atoms with E-state index < -0.39 is 0 Å². The van der Waals surface area contributed by atoms with Crippen LogP contribution in [0.5, 0.6) is 0 Å². The first-order valence-corrected chi connectivity index (χ1v) is 7.50. The van der Waals surface area contributed by atoms with E-state index in [0.29, 0.717) is 16.6 Å². The third-order valence-corrected chi connectivity index (χ3v) is 4.19. The van der Waals surface area contributed by atoms with E-state index in [2.05, 4.69) is 35.8 Å². The van der Waals surface area contributed by atoms with Gasteiger partial charge in [0.25, 0.3) is 0 Å². The standard InChI is InChI=1S/C15H15ClN2S/c1-2-4-14(15-5-3-8-19-15)18-12-7-6-11(10-17)13(16)9-12/h3,5-9,14,18H,2,4H2,1H3. The minimum Gasteiger partial charge on any atom is -0.377 e. The predicted octanol–water partition coefficient (Wildman–Crippen LogP) is 5.23. The van der Waals surface area contributed by atoms with E-state index in [1.165, 1.54) is 4.88 Å². The number of hydrogen-bond donors (Lipinski definition) is 1. The second kappa shape index (κ2) is 6.60. The Kier molecular flexibility index (Phi) is 4.84. The van der Waals surface area contributed by atoms with E-state index in [-0.39, 0.29) is 0 Å². The SMILES string of the molecule is CCCC(Nc1ccc(C#N)c(Cl)c1)c1cccs1. The summed E-state index contributed by atoms with van der Waals surface area (Å²) in [6.07, 6.45) is 2.18. The molecule has 0 aliphatic carbocycles. The number of hydrogen-bond acceptors (Lipinski definition) is 3. The zero-order valence-electron chi connectivity index (χ0n) is 10.7. The molecule has 1 heterocycles. The van der Waals surface area contributed by atoms with Crippen molar-refractivity contribution in [1.82, 2.24) is 0 Å². The van der Waals surface area contributed by atoms with E-state index in [9.17, 15) is 0 Å². The quantitative estimate of drug-likeness (QED) is 0.819. The fourth-order valence-electron chi connectivity index (χ4n) is 1.96. The first-order chi connectivity index (χ1) is 9.24. The van der Waals surface area contributed by atoms with Crippen LogP contribution >= 0.6 is 22.9 Å². The number of nitrogens with zero attached hydrogens (tertiary/aromatic N) is 1. The predicted molar refractivity (Wildman–Crippen MR) is 81.8 cm³/mol. The van der Waals surface area contributed by atoms with Crippen molar-refractivity contribution >= 4 is 28.6 Å². The lowest BCUT2D eigenvalue weighted by Crippen LogP contribution is -2.09. The molecular weight excluding hydrogens is 276 g/mol. The number of anilines is 1. The molecule has 0 saturated heterocycles. The molecule has 2 nitrogen and oxygen atoms in total. The van der Waals surface area contributed by atoms with Crippen LogP contribution in [-0.4, -0.2) is 0 Å². The van der Waals surface area contributed by atoms with Crippen molar-refractivity contribution in [1.29, 1.82) is 5.26 Å². The number of nitrogens with one attached hydrogen (secondary N) is 1. The average Bonchev–Trinajstić information content (AvgIpc) is 2.92. The fraction of sp³-hybridized carbons (Fsp3) is 0.267. The third-order valence-electron chi connectivity index (χ3n) is 2.89. The van der Waals surface area contributed by atoms with Crippen LogP contribution < -0.4 is 5.32 Å². The highest BCUT2D eigenvalue weighted by Crippen LogP contribution is 2.29. The largest absolute Gasteiger partial charge is 0.377 e. The summed E-state index contributed by atoms with van der Waals surface area (Å²) in [5.74, 6) is 0. The van der Waals surface area contributed by atoms with Crippen LogP contribution in [0.15, 0.2) is 35.7 Å². The van der Waals surface area contributed by atoms with Crippen molar-refractivity contribution in [3.63, 3.8) is 0 Å². The van der Waals surface area contributed by atoms with E-state index >= 15 is 0 Å². The maximum absolute atomic E-state index is 8.87. The zero-order valence-corrected chi connectivity index (χ0v) is 12.3. The number of thiophene rings is 1. The molecule has 0 saturated carbocycles. The van der Waals surface area contributed by atoms with E-state index in [4.69, 9.17) is 16.9 Å². The zero-order chi connectivity index (χ0) is 13.7. The average molecular weight is 291 g/mol. The lowest BCUT2D eigenvalue weighted by molar-refractivity contribution is 0.688. The van der Waals surface area contributed by atoms with E-state index in [1.54, 1.807) is 17.4 Å². The van der Waals surface area contributed by atoms with Crippen molar-refractivity contribution in [2.45, 2.75) is 25.8 Å². The maximum atomic E-state index is 8.87. The summed E-state index contributed by atoms with van der Waals surface area (Å²) in [5.41, 5.74) is 1.46. The summed E-state index contributed by atoms with van der Waals surface area (Å²) >= 11 is 7.81. The normalized spacial score (nSPS) is 11.8. The van der Waals surface area contributed by atoms with Gasteiger partial charge in [-0.1, -0.05) is 31.0 Å². The summed E-state index contributed by atoms with van der Waals surface area (Å²) in [7, 11) is 0. The smallest absolute Gasteiger partial charge is 0.101 e. The topological polar surface area (TPSA) is 35.8 Å². The Hall–Kier alpha value is -1.50. The highest BCUT2D eigenvalue weighted by atomic mass is 35.5. The summed E-state index contributed by atoms with van der Waals surface area (Å²) in [6.45, 7) is 2.17. The highest BCUT2D eigenvalue weighted by molar-refractivity contribution is 7.10. The Morgan fingerprint density at radius 2 is 2.26 bits per heavy atom. The van der Waals surface area contributed by atoms with Gasteiger partial charge in [-0.3, -0.25) is 0 Å². The van der Waals surface area contributed by atoms with Gasteiger partial charge >= 0.3 is 0 Å². The van der Waals surface area contributed by atoms with Gasteiger partial charge in [0.2, 0.25) is 0 Å². The van der Waals surface area contributed by atoms with Gasteiger partial charge in [0, 0.05) is 10.6 Å². The molecule has 0 radical (unpaired) electrons. The molecular formula is C15H15ClN2S. The second-order valence-electron chi connectivity index (χ2n) is 4.31. The molecule has 2 aromatic rings. The molecule has 2 rings (SSSR count). The van der Waals surface area contributed by atoms with Crippen LogP contribution in [0.4, 0.5) is 5.69 Å². The van der Waals surface area contributed by atoms with Gasteiger partial charge in [0.1, 0.15) is 6.07 Å². The van der Waals surface area contributed by atoms with Gasteiger partial charge in [-0.25, -0.2) is 0 Å². The summed E-state index contributed by atoms with van der Waals surface area (Å²) in [6, 6.07) is 12.0. The Morgan fingerprint density at radius 3 is 2.84 bits per heavy atom. The molecule has 0 fully saturated rings. The molecule has 0 aliphatic heterocycles. The fourth-order valence-corrected chi connectivity index (χ4v) is 3.00. The molecule has 1 atom stereocenters. The van der Waals surface area contributed by atoms with Crippen LogP contribution in [0.1, 0.15) is 36.2 Å². The minimum atomic E-state index is 0.300. The molecule has 1 aromatic carbocycles. The van der Waals surface area contributed by atoms with Crippen LogP contribution in [0.25, 0.3) is 0 Å². The van der Waals surface area contributed by atoms with Crippen LogP contribution in [-0.2, 0) is 0 Å². The maximum Gasteiger partial charge on any atom is 0.101 e. The molecule has 0 amide bonds. The van der Waals surface area contributed by atoms with Crippen LogP contribution in [0.2, 0.25) is 5.02 Å². The molecule has 0 spiro atoms. The van der Waals surface area contributed by atoms with Gasteiger partial charge in [0.15, 0.2) is 0 Å². The Labute approximate surface area is 122 Å². The minimum absolute atomic E-state index is 0.300. The van der Waals surface area contributed by atoms with Crippen molar-refractivity contribution in [2.75, 3.05) is 5.32 Å². The molecule has 1 N–H and O–H groups in total. The monoisotopic (exact) mass is 290 g/mol. The van der Waals surface area contributed by atoms with Crippen molar-refractivity contribution in [3.8, 4) is 6.07 Å². The highest BCUT2D eigenvalue weighted by Gasteiger charge is 2.12. The van der Waals surface area contributed by atoms with Crippen molar-refractivity contribution < 1.29 is 0 Å². The number of benzene rings is 1. The number of nitriles is 1. The van der Waals surface area contributed by atoms with Gasteiger partial charge in [-0.05, 0) is 36.1 Å². The van der Waals surface area contributed by atoms with Crippen molar-refractivity contribution in [2.24, 2.45) is 0 Å². The lowest BCUT2D eigenvalue weighted by atomic mass is 10.1. The summed E-state index contributed by atoms with van der Waals surface area (Å²) < 4.78 is 0. The van der Waals surface area contributed by atoms with Crippen molar-refractivity contribution in [3.05, 3.63) is 51.2 Å². The van der Waals surface area contributed by atoms with E-state index in [0.717, 1.165) is 18.5 Å². The first-order valence-electron chi connectivity index (χ1n) is 6.24. The van der Waals surface area contributed by atoms with Gasteiger partial charge in [-0.15, -0.1) is 11.3 Å². The Bertz CT molecular complexity index is 572. The molecule has 1 unspecified atom stereocenters. The van der Waals surface area contributed by atoms with Gasteiger partial charge < -0.3 is 5.32 Å².